The van der Waals surface area contributed by atoms with Crippen molar-refractivity contribution < 1.29 is 9.59 Å². The number of anilines is 1. The van der Waals surface area contributed by atoms with Crippen LogP contribution in [0.15, 0.2) is 24.3 Å². The van der Waals surface area contributed by atoms with Crippen molar-refractivity contribution in [1.29, 1.82) is 0 Å². The first-order valence-electron chi connectivity index (χ1n) is 8.84. The number of nitrogens with zero attached hydrogens (tertiary/aromatic N) is 2. The second-order valence-corrected chi connectivity index (χ2v) is 7.82. The van der Waals surface area contributed by atoms with E-state index in [1.807, 2.05) is 32.9 Å². The van der Waals surface area contributed by atoms with Gasteiger partial charge in [-0.2, -0.15) is 0 Å². The molecule has 0 saturated carbocycles. The molecule has 0 unspecified atom stereocenters. The van der Waals surface area contributed by atoms with Crippen molar-refractivity contribution in [3.63, 3.8) is 0 Å². The Morgan fingerprint density at radius 2 is 1.84 bits per heavy atom. The van der Waals surface area contributed by atoms with Crippen molar-refractivity contribution in [1.82, 2.24) is 10.2 Å². The maximum Gasteiger partial charge on any atom is 0.312 e. The number of para-hydroxylation sites is 1. The van der Waals surface area contributed by atoms with Gasteiger partial charge in [-0.05, 0) is 29.9 Å². The molecular weight excluding hydrogens is 316 g/mol. The van der Waals surface area contributed by atoms with Gasteiger partial charge in [0.25, 0.3) is 0 Å². The monoisotopic (exact) mass is 346 g/mol. The number of nitrogens with two attached hydrogens (primary N) is 1. The third-order valence-corrected chi connectivity index (χ3v) is 4.62. The molecule has 25 heavy (non-hydrogen) atoms. The molecule has 1 aromatic carbocycles. The standard InChI is InChI=1S/C19H30N4O2/c1-19(2,3)16(21-18(20)25)17(24)22(4)13-14-9-5-6-10-15(14)23-11-7-8-12-23/h5-6,9-10,16H,7-8,11-13H2,1-4H3,(H3,20,21,25)/t16-/m0/s1. The number of likely N-dealkylation sites (N-methyl/N-ethyl adjacent to an activating group) is 1. The maximum absolute atomic E-state index is 12.9. The van der Waals surface area contributed by atoms with Crippen LogP contribution in [0.3, 0.4) is 0 Å². The van der Waals surface area contributed by atoms with E-state index in [9.17, 15) is 9.59 Å². The number of rotatable bonds is 5. The Hall–Kier alpha value is -2.24. The number of benzene rings is 1. The molecule has 0 spiro atoms. The number of primary amides is 1. The molecule has 3 amide bonds. The van der Waals surface area contributed by atoms with Crippen LogP contribution in [0.1, 0.15) is 39.2 Å². The molecule has 3 N–H and O–H groups in total. The Kier molecular flexibility index (Phi) is 5.93. The third kappa shape index (κ3) is 4.87. The number of carbonyl (C=O) groups excluding carboxylic acids is 2. The minimum Gasteiger partial charge on any atom is -0.371 e. The zero-order valence-electron chi connectivity index (χ0n) is 15.7. The molecule has 0 aliphatic carbocycles. The molecule has 138 valence electrons. The van der Waals surface area contributed by atoms with E-state index in [2.05, 4.69) is 22.3 Å². The normalized spacial score (nSPS) is 15.8. The van der Waals surface area contributed by atoms with Crippen molar-refractivity contribution in [3.05, 3.63) is 29.8 Å². The Balaban J connectivity index is 2.16. The highest BCUT2D eigenvalue weighted by atomic mass is 16.2. The first-order valence-corrected chi connectivity index (χ1v) is 8.84. The van der Waals surface area contributed by atoms with Crippen molar-refractivity contribution in [2.45, 2.75) is 46.2 Å². The third-order valence-electron chi connectivity index (χ3n) is 4.62. The van der Waals surface area contributed by atoms with Crippen molar-refractivity contribution in [2.75, 3.05) is 25.0 Å². The second-order valence-electron chi connectivity index (χ2n) is 7.82. The molecule has 1 saturated heterocycles. The molecule has 6 heteroatoms. The van der Waals surface area contributed by atoms with E-state index in [1.165, 1.54) is 18.5 Å². The SMILES string of the molecule is CN(Cc1ccccc1N1CCCC1)C(=O)[C@H](NC(N)=O)C(C)(C)C. The summed E-state index contributed by atoms with van der Waals surface area (Å²) in [5, 5.41) is 2.59. The Bertz CT molecular complexity index is 618. The quantitative estimate of drug-likeness (QED) is 0.859. The lowest BCUT2D eigenvalue weighted by Gasteiger charge is -2.33. The van der Waals surface area contributed by atoms with Gasteiger partial charge in [-0.3, -0.25) is 4.79 Å². The average Bonchev–Trinajstić information content (AvgIpc) is 3.05. The molecule has 1 fully saturated rings. The van der Waals surface area contributed by atoms with E-state index in [4.69, 9.17) is 5.73 Å². The van der Waals surface area contributed by atoms with Crippen LogP contribution in [-0.4, -0.2) is 43.0 Å². The molecule has 1 aliphatic rings. The lowest BCUT2D eigenvalue weighted by atomic mass is 9.86. The molecule has 6 nitrogen and oxygen atoms in total. The van der Waals surface area contributed by atoms with E-state index < -0.39 is 17.5 Å². The zero-order valence-corrected chi connectivity index (χ0v) is 15.7. The number of urea groups is 1. The second kappa shape index (κ2) is 7.76. The largest absolute Gasteiger partial charge is 0.371 e. The number of hydrogen-bond acceptors (Lipinski definition) is 3. The minimum absolute atomic E-state index is 0.137. The van der Waals surface area contributed by atoms with Crippen LogP contribution in [0, 0.1) is 5.41 Å². The summed E-state index contributed by atoms with van der Waals surface area (Å²) in [6.45, 7) is 8.36. The summed E-state index contributed by atoms with van der Waals surface area (Å²) < 4.78 is 0. The van der Waals surface area contributed by atoms with Gasteiger partial charge in [0, 0.05) is 32.4 Å². The number of carbonyl (C=O) groups is 2. The summed E-state index contributed by atoms with van der Waals surface area (Å²) in [5.74, 6) is -0.137. The van der Waals surface area contributed by atoms with Crippen LogP contribution < -0.4 is 16.0 Å². The van der Waals surface area contributed by atoms with Gasteiger partial charge in [0.05, 0.1) is 0 Å². The summed E-state index contributed by atoms with van der Waals surface area (Å²) in [6, 6.07) is 6.86. The highest BCUT2D eigenvalue weighted by Gasteiger charge is 2.34. The Morgan fingerprint density at radius 3 is 2.40 bits per heavy atom. The van der Waals surface area contributed by atoms with Gasteiger partial charge in [-0.15, -0.1) is 0 Å². The van der Waals surface area contributed by atoms with Crippen molar-refractivity contribution >= 4 is 17.6 Å². The van der Waals surface area contributed by atoms with Gasteiger partial charge in [0.1, 0.15) is 6.04 Å². The Morgan fingerprint density at radius 1 is 1.24 bits per heavy atom. The fourth-order valence-electron chi connectivity index (χ4n) is 3.26. The van der Waals surface area contributed by atoms with Crippen LogP contribution in [0.2, 0.25) is 0 Å². The lowest BCUT2D eigenvalue weighted by Crippen LogP contribution is -2.55. The van der Waals surface area contributed by atoms with Crippen LogP contribution >= 0.6 is 0 Å². The van der Waals surface area contributed by atoms with Gasteiger partial charge >= 0.3 is 6.03 Å². The molecule has 0 aromatic heterocycles. The van der Waals surface area contributed by atoms with Gasteiger partial charge in [0.15, 0.2) is 0 Å². The van der Waals surface area contributed by atoms with E-state index in [0.717, 1.165) is 18.7 Å². The van der Waals surface area contributed by atoms with Gasteiger partial charge in [-0.25, -0.2) is 4.79 Å². The van der Waals surface area contributed by atoms with Crippen LogP contribution in [0.5, 0.6) is 0 Å². The number of amides is 3. The van der Waals surface area contributed by atoms with Crippen molar-refractivity contribution in [2.24, 2.45) is 11.1 Å². The molecule has 1 aromatic rings. The van der Waals surface area contributed by atoms with E-state index in [0.29, 0.717) is 6.54 Å². The fourth-order valence-corrected chi connectivity index (χ4v) is 3.26. The van der Waals surface area contributed by atoms with E-state index in [-0.39, 0.29) is 5.91 Å². The number of hydrogen-bond donors (Lipinski definition) is 2. The molecule has 2 rings (SSSR count). The highest BCUT2D eigenvalue weighted by molar-refractivity contribution is 5.87. The molecule has 1 heterocycles. The first-order chi connectivity index (χ1) is 11.7. The smallest absolute Gasteiger partial charge is 0.312 e. The summed E-state index contributed by atoms with van der Waals surface area (Å²) in [6.07, 6.45) is 2.41. The summed E-state index contributed by atoms with van der Waals surface area (Å²) in [5.41, 5.74) is 7.15. The lowest BCUT2D eigenvalue weighted by molar-refractivity contribution is -0.135. The maximum atomic E-state index is 12.9. The predicted octanol–water partition coefficient (Wildman–Crippen LogP) is 2.33. The van der Waals surface area contributed by atoms with Crippen LogP contribution in [0.25, 0.3) is 0 Å². The van der Waals surface area contributed by atoms with Crippen LogP contribution in [0.4, 0.5) is 10.5 Å². The first kappa shape index (κ1) is 19.1. The molecule has 1 atom stereocenters. The Labute approximate surface area is 150 Å². The average molecular weight is 346 g/mol. The topological polar surface area (TPSA) is 78.7 Å². The number of nitrogens with one attached hydrogen (secondary N) is 1. The minimum atomic E-state index is -0.681. The summed E-state index contributed by atoms with van der Waals surface area (Å²) in [4.78, 5) is 28.2. The van der Waals surface area contributed by atoms with Crippen LogP contribution in [-0.2, 0) is 11.3 Å². The van der Waals surface area contributed by atoms with E-state index in [1.54, 1.807) is 11.9 Å². The van der Waals surface area contributed by atoms with E-state index >= 15 is 0 Å². The molecule has 0 radical (unpaired) electrons. The van der Waals surface area contributed by atoms with Gasteiger partial charge in [0.2, 0.25) is 5.91 Å². The van der Waals surface area contributed by atoms with Crippen molar-refractivity contribution in [3.8, 4) is 0 Å². The van der Waals surface area contributed by atoms with Gasteiger partial charge in [-0.1, -0.05) is 39.0 Å². The molecular formula is C19H30N4O2. The highest BCUT2D eigenvalue weighted by Crippen LogP contribution is 2.26. The fraction of sp³-hybridized carbons (Fsp3) is 0.579. The zero-order chi connectivity index (χ0) is 18.6. The summed E-state index contributed by atoms with van der Waals surface area (Å²) >= 11 is 0. The predicted molar refractivity (Wildman–Crippen MR) is 100 cm³/mol. The molecule has 0 bridgehead atoms. The summed E-state index contributed by atoms with van der Waals surface area (Å²) in [7, 11) is 1.77. The van der Waals surface area contributed by atoms with Gasteiger partial charge < -0.3 is 20.9 Å². The molecule has 1 aliphatic heterocycles.